The molecule has 0 spiro atoms. The van der Waals surface area contributed by atoms with Gasteiger partial charge in [-0.15, -0.1) is 0 Å². The molecular formula is C18H36O2. The van der Waals surface area contributed by atoms with Crippen LogP contribution < -0.4 is 0 Å². The molecule has 0 saturated heterocycles. The van der Waals surface area contributed by atoms with Crippen molar-refractivity contribution >= 4 is 0 Å². The summed E-state index contributed by atoms with van der Waals surface area (Å²) in [5.74, 6) is 0. The first-order valence-electron chi connectivity index (χ1n) is 8.75. The lowest BCUT2D eigenvalue weighted by Crippen LogP contribution is -2.00. The largest absolute Gasteiger partial charge is 0.394 e. The van der Waals surface area contributed by atoms with Crippen LogP contribution in [0.5, 0.6) is 0 Å². The maximum atomic E-state index is 8.55. The van der Waals surface area contributed by atoms with E-state index in [1.807, 2.05) is 0 Å². The average molecular weight is 284 g/mol. The van der Waals surface area contributed by atoms with Gasteiger partial charge in [0, 0.05) is 6.61 Å². The van der Waals surface area contributed by atoms with Crippen molar-refractivity contribution in [1.82, 2.24) is 0 Å². The Morgan fingerprint density at radius 2 is 1.25 bits per heavy atom. The molecule has 0 heterocycles. The van der Waals surface area contributed by atoms with Crippen LogP contribution in [0.15, 0.2) is 12.2 Å². The van der Waals surface area contributed by atoms with Gasteiger partial charge in [0.15, 0.2) is 0 Å². The van der Waals surface area contributed by atoms with Crippen molar-refractivity contribution in [3.8, 4) is 0 Å². The molecule has 0 saturated carbocycles. The summed E-state index contributed by atoms with van der Waals surface area (Å²) >= 11 is 0. The van der Waals surface area contributed by atoms with Crippen LogP contribution in [0, 0.1) is 0 Å². The van der Waals surface area contributed by atoms with E-state index >= 15 is 0 Å². The first-order valence-corrected chi connectivity index (χ1v) is 8.75. The van der Waals surface area contributed by atoms with Crippen LogP contribution in [0.25, 0.3) is 0 Å². The molecule has 0 aromatic heterocycles. The Kier molecular flexibility index (Phi) is 18.3. The number of rotatable bonds is 16. The molecule has 2 heteroatoms. The van der Waals surface area contributed by atoms with E-state index in [4.69, 9.17) is 9.84 Å². The van der Waals surface area contributed by atoms with Crippen molar-refractivity contribution in [2.24, 2.45) is 0 Å². The molecule has 0 fully saturated rings. The summed E-state index contributed by atoms with van der Waals surface area (Å²) in [7, 11) is 0. The van der Waals surface area contributed by atoms with Gasteiger partial charge < -0.3 is 9.84 Å². The number of ether oxygens (including phenoxy) is 1. The van der Waals surface area contributed by atoms with Crippen molar-refractivity contribution in [2.75, 3.05) is 19.8 Å². The molecule has 0 rings (SSSR count). The molecule has 0 unspecified atom stereocenters. The molecule has 0 bridgehead atoms. The number of aliphatic hydroxyl groups excluding tert-OH is 1. The second-order valence-corrected chi connectivity index (χ2v) is 5.57. The molecule has 20 heavy (non-hydrogen) atoms. The zero-order valence-electron chi connectivity index (χ0n) is 13.6. The summed E-state index contributed by atoms with van der Waals surface area (Å²) in [6.07, 6.45) is 20.5. The fraction of sp³-hybridized carbons (Fsp3) is 0.889. The predicted molar refractivity (Wildman–Crippen MR) is 88.1 cm³/mol. The Morgan fingerprint density at radius 1 is 0.700 bits per heavy atom. The summed E-state index contributed by atoms with van der Waals surface area (Å²) < 4.78 is 5.23. The molecular weight excluding hydrogens is 248 g/mol. The smallest absolute Gasteiger partial charge is 0.0697 e. The van der Waals surface area contributed by atoms with E-state index in [1.54, 1.807) is 0 Å². The van der Waals surface area contributed by atoms with Crippen molar-refractivity contribution in [3.05, 3.63) is 12.2 Å². The molecule has 0 radical (unpaired) electrons. The molecule has 0 aliphatic rings. The second kappa shape index (κ2) is 18.7. The minimum absolute atomic E-state index is 0.145. The van der Waals surface area contributed by atoms with Gasteiger partial charge in [0.25, 0.3) is 0 Å². The Balaban J connectivity index is 3.00. The van der Waals surface area contributed by atoms with Crippen LogP contribution in [0.2, 0.25) is 0 Å². The van der Waals surface area contributed by atoms with Crippen molar-refractivity contribution < 1.29 is 9.84 Å². The molecule has 0 aromatic carbocycles. The lowest BCUT2D eigenvalue weighted by atomic mass is 10.1. The average Bonchev–Trinajstić information content (AvgIpc) is 2.47. The first-order chi connectivity index (χ1) is 9.91. The molecule has 1 N–H and O–H groups in total. The summed E-state index contributed by atoms with van der Waals surface area (Å²) in [6.45, 7) is 3.70. The molecule has 0 aliphatic heterocycles. The molecule has 0 aliphatic carbocycles. The molecule has 0 atom stereocenters. The molecule has 0 aromatic rings. The number of hydrogen-bond donors (Lipinski definition) is 1. The Bertz CT molecular complexity index is 190. The van der Waals surface area contributed by atoms with Crippen LogP contribution in [0.3, 0.4) is 0 Å². The van der Waals surface area contributed by atoms with Crippen LogP contribution in [0.1, 0.15) is 84.0 Å². The van der Waals surface area contributed by atoms with E-state index in [0.717, 1.165) is 13.0 Å². The van der Waals surface area contributed by atoms with Gasteiger partial charge in [-0.2, -0.15) is 0 Å². The molecule has 0 amide bonds. The van der Waals surface area contributed by atoms with Crippen molar-refractivity contribution in [2.45, 2.75) is 84.0 Å². The monoisotopic (exact) mass is 284 g/mol. The van der Waals surface area contributed by atoms with Gasteiger partial charge in [-0.1, -0.05) is 64.0 Å². The van der Waals surface area contributed by atoms with Gasteiger partial charge in [-0.05, 0) is 32.1 Å². The topological polar surface area (TPSA) is 29.5 Å². The Labute approximate surface area is 126 Å². The summed E-state index contributed by atoms with van der Waals surface area (Å²) in [5.41, 5.74) is 0. The summed E-state index contributed by atoms with van der Waals surface area (Å²) in [6, 6.07) is 0. The van der Waals surface area contributed by atoms with Crippen LogP contribution in [0.4, 0.5) is 0 Å². The van der Waals surface area contributed by atoms with Gasteiger partial charge in [-0.25, -0.2) is 0 Å². The zero-order valence-corrected chi connectivity index (χ0v) is 13.6. The highest BCUT2D eigenvalue weighted by Gasteiger charge is 1.91. The minimum atomic E-state index is 0.145. The number of hydrogen-bond acceptors (Lipinski definition) is 2. The molecule has 2 nitrogen and oxygen atoms in total. The highest BCUT2D eigenvalue weighted by atomic mass is 16.5. The van der Waals surface area contributed by atoms with Gasteiger partial charge >= 0.3 is 0 Å². The predicted octanol–water partition coefficient (Wildman–Crippen LogP) is 5.25. The number of aliphatic hydroxyl groups is 1. The van der Waals surface area contributed by atoms with E-state index in [9.17, 15) is 0 Å². The van der Waals surface area contributed by atoms with Crippen molar-refractivity contribution in [3.63, 3.8) is 0 Å². The fourth-order valence-electron chi connectivity index (χ4n) is 2.26. The highest BCUT2D eigenvalue weighted by Crippen LogP contribution is 2.08. The van der Waals surface area contributed by atoms with Gasteiger partial charge in [0.05, 0.1) is 13.2 Å². The maximum absolute atomic E-state index is 8.55. The van der Waals surface area contributed by atoms with Gasteiger partial charge in [0.2, 0.25) is 0 Å². The van der Waals surface area contributed by atoms with Crippen LogP contribution in [-0.4, -0.2) is 24.9 Å². The van der Waals surface area contributed by atoms with E-state index in [2.05, 4.69) is 19.1 Å². The van der Waals surface area contributed by atoms with Gasteiger partial charge in [-0.3, -0.25) is 0 Å². The first kappa shape index (κ1) is 19.7. The third-order valence-electron chi connectivity index (χ3n) is 3.54. The lowest BCUT2D eigenvalue weighted by Gasteiger charge is -2.02. The summed E-state index contributed by atoms with van der Waals surface area (Å²) in [5, 5.41) is 8.55. The lowest BCUT2D eigenvalue weighted by molar-refractivity contribution is 0.0895. The normalized spacial score (nSPS) is 11.5. The Morgan fingerprint density at radius 3 is 1.85 bits per heavy atom. The highest BCUT2D eigenvalue weighted by molar-refractivity contribution is 4.81. The third kappa shape index (κ3) is 17.7. The van der Waals surface area contributed by atoms with E-state index in [-0.39, 0.29) is 6.61 Å². The zero-order chi connectivity index (χ0) is 14.7. The second-order valence-electron chi connectivity index (χ2n) is 5.57. The van der Waals surface area contributed by atoms with Crippen LogP contribution in [-0.2, 0) is 4.74 Å². The maximum Gasteiger partial charge on any atom is 0.0697 e. The standard InChI is InChI=1S/C18H36O2/c1-2-3-4-5-6-7-8-9-10-11-12-13-14-15-17-20-18-16-19/h7-8,19H,2-6,9-18H2,1H3. The number of unbranched alkanes of at least 4 members (excludes halogenated alkanes) is 10. The summed E-state index contributed by atoms with van der Waals surface area (Å²) in [4.78, 5) is 0. The Hall–Kier alpha value is -0.340. The molecule has 120 valence electrons. The number of allylic oxidation sites excluding steroid dienone is 2. The van der Waals surface area contributed by atoms with E-state index < -0.39 is 0 Å². The van der Waals surface area contributed by atoms with Gasteiger partial charge in [0.1, 0.15) is 0 Å². The van der Waals surface area contributed by atoms with E-state index in [0.29, 0.717) is 6.61 Å². The van der Waals surface area contributed by atoms with Crippen LogP contribution >= 0.6 is 0 Å². The third-order valence-corrected chi connectivity index (χ3v) is 3.54. The van der Waals surface area contributed by atoms with Crippen molar-refractivity contribution in [1.29, 1.82) is 0 Å². The minimum Gasteiger partial charge on any atom is -0.394 e. The van der Waals surface area contributed by atoms with E-state index in [1.165, 1.54) is 70.6 Å². The fourth-order valence-corrected chi connectivity index (χ4v) is 2.26. The quantitative estimate of drug-likeness (QED) is 0.310. The SMILES string of the molecule is CCCCCCC=CCCCCCCCCOCCO.